The molecule has 0 aliphatic heterocycles. The van der Waals surface area contributed by atoms with E-state index in [0.717, 1.165) is 0 Å². The fraction of sp³-hybridized carbons (Fsp3) is 0.667. The minimum absolute atomic E-state index is 0.0954. The maximum atomic E-state index is 11.9. The van der Waals surface area contributed by atoms with Crippen LogP contribution in [0, 0.1) is 5.92 Å². The van der Waals surface area contributed by atoms with Crippen molar-refractivity contribution in [3.8, 4) is 0 Å². The minimum atomic E-state index is -0.643. The smallest absolute Gasteiger partial charge is 0.332 e. The lowest BCUT2D eigenvalue weighted by molar-refractivity contribution is 0.163. The van der Waals surface area contributed by atoms with Gasteiger partial charge in [-0.2, -0.15) is 5.01 Å². The highest BCUT2D eigenvalue weighted by Gasteiger charge is 2.26. The molecule has 0 aliphatic carbocycles. The summed E-state index contributed by atoms with van der Waals surface area (Å²) in [6, 6.07) is -1.26. The summed E-state index contributed by atoms with van der Waals surface area (Å²) in [5.74, 6) is 5.59. The Labute approximate surface area is 109 Å². The van der Waals surface area contributed by atoms with Gasteiger partial charge in [0.1, 0.15) is 0 Å². The van der Waals surface area contributed by atoms with Crippen molar-refractivity contribution in [2.45, 2.75) is 40.2 Å². The van der Waals surface area contributed by atoms with Gasteiger partial charge >= 0.3 is 12.1 Å². The lowest BCUT2D eigenvalue weighted by Gasteiger charge is -2.29. The van der Waals surface area contributed by atoms with Gasteiger partial charge in [-0.15, -0.1) is 0 Å². The van der Waals surface area contributed by atoms with Crippen LogP contribution >= 0.6 is 0 Å². The number of nitrogens with two attached hydrogens (primary N) is 1. The van der Waals surface area contributed by atoms with Crippen molar-refractivity contribution >= 4 is 12.1 Å². The van der Waals surface area contributed by atoms with Crippen LogP contribution in [0.4, 0.5) is 9.59 Å². The number of hydrogen-bond donors (Lipinski definition) is 2. The van der Waals surface area contributed by atoms with E-state index in [9.17, 15) is 9.59 Å². The second-order valence-electron chi connectivity index (χ2n) is 5.54. The van der Waals surface area contributed by atoms with Crippen LogP contribution in [0.25, 0.3) is 0 Å². The monoisotopic (exact) mass is 256 g/mol. The number of hydrogen-bond acceptors (Lipinski definition) is 3. The molecule has 0 aromatic rings. The first-order chi connectivity index (χ1) is 7.97. The Bertz CT molecular complexity index is 344. The first-order valence-electron chi connectivity index (χ1n) is 5.81. The Morgan fingerprint density at radius 1 is 1.28 bits per heavy atom. The number of nitrogens with zero attached hydrogens (tertiary/aromatic N) is 2. The Hall–Kier alpha value is -1.56. The summed E-state index contributed by atoms with van der Waals surface area (Å²) >= 11 is 0. The number of rotatable bonds is 2. The van der Waals surface area contributed by atoms with Crippen LogP contribution in [-0.4, -0.2) is 34.6 Å². The van der Waals surface area contributed by atoms with Crippen molar-refractivity contribution in [3.63, 3.8) is 0 Å². The Kier molecular flexibility index (Phi) is 5.35. The molecule has 4 amide bonds. The summed E-state index contributed by atoms with van der Waals surface area (Å²) in [5, 5.41) is 3.16. The number of urea groups is 2. The molecule has 0 bridgehead atoms. The number of allylic oxidation sites excluding steroid dienone is 1. The Morgan fingerprint density at radius 3 is 2.06 bits per heavy atom. The normalized spacial score (nSPS) is 11.1. The van der Waals surface area contributed by atoms with Gasteiger partial charge < -0.3 is 5.32 Å². The van der Waals surface area contributed by atoms with Gasteiger partial charge in [-0.25, -0.2) is 15.4 Å². The Morgan fingerprint density at radius 2 is 1.72 bits per heavy atom. The summed E-state index contributed by atoms with van der Waals surface area (Å²) in [6.45, 7) is 13.0. The lowest BCUT2D eigenvalue weighted by Crippen LogP contribution is -2.56. The number of amides is 4. The molecule has 6 heteroatoms. The zero-order valence-corrected chi connectivity index (χ0v) is 12.1. The van der Waals surface area contributed by atoms with E-state index in [2.05, 4.69) is 11.9 Å². The molecule has 104 valence electrons. The van der Waals surface area contributed by atoms with Crippen LogP contribution in [0.2, 0.25) is 0 Å². The number of imide groups is 1. The molecule has 0 aliphatic rings. The fourth-order valence-electron chi connectivity index (χ4n) is 1.14. The fourth-order valence-corrected chi connectivity index (χ4v) is 1.14. The average molecular weight is 256 g/mol. The van der Waals surface area contributed by atoms with Crippen LogP contribution in [0.3, 0.4) is 0 Å². The van der Waals surface area contributed by atoms with E-state index in [-0.39, 0.29) is 5.92 Å². The maximum absolute atomic E-state index is 11.9. The van der Waals surface area contributed by atoms with E-state index in [0.29, 0.717) is 10.7 Å². The third-order valence-corrected chi connectivity index (χ3v) is 2.29. The molecule has 6 nitrogen and oxygen atoms in total. The largest absolute Gasteiger partial charge is 0.346 e. The molecule has 0 saturated heterocycles. The minimum Gasteiger partial charge on any atom is -0.332 e. The van der Waals surface area contributed by atoms with E-state index in [1.165, 1.54) is 11.9 Å². The average Bonchev–Trinajstić information content (AvgIpc) is 2.22. The highest BCUT2D eigenvalue weighted by atomic mass is 16.2. The van der Waals surface area contributed by atoms with Crippen molar-refractivity contribution in [1.29, 1.82) is 0 Å². The van der Waals surface area contributed by atoms with E-state index in [4.69, 9.17) is 5.84 Å². The highest BCUT2D eigenvalue weighted by Crippen LogP contribution is 2.12. The predicted octanol–water partition coefficient (Wildman–Crippen LogP) is 1.89. The highest BCUT2D eigenvalue weighted by molar-refractivity contribution is 5.93. The van der Waals surface area contributed by atoms with Crippen molar-refractivity contribution in [2.75, 3.05) is 7.05 Å². The predicted molar refractivity (Wildman–Crippen MR) is 71.4 cm³/mol. The van der Waals surface area contributed by atoms with Crippen LogP contribution in [0.5, 0.6) is 0 Å². The summed E-state index contributed by atoms with van der Waals surface area (Å²) < 4.78 is 0. The van der Waals surface area contributed by atoms with E-state index in [1.54, 1.807) is 20.8 Å². The van der Waals surface area contributed by atoms with Gasteiger partial charge in [-0.3, -0.25) is 4.90 Å². The maximum Gasteiger partial charge on any atom is 0.346 e. The van der Waals surface area contributed by atoms with Crippen molar-refractivity contribution < 1.29 is 9.59 Å². The lowest BCUT2D eigenvalue weighted by atomic mass is 10.1. The van der Waals surface area contributed by atoms with Crippen LogP contribution < -0.4 is 11.2 Å². The molecule has 0 unspecified atom stereocenters. The zero-order valence-electron chi connectivity index (χ0n) is 12.1. The molecule has 0 aromatic heterocycles. The molecule has 0 rings (SSSR count). The SMILES string of the molecule is C=C(C(C)C)N(C)C(=O)N(N)C(=O)NC(C)(C)C. The summed E-state index contributed by atoms with van der Waals surface area (Å²) in [7, 11) is 1.54. The van der Waals surface area contributed by atoms with Crippen molar-refractivity contribution in [1.82, 2.24) is 15.2 Å². The van der Waals surface area contributed by atoms with E-state index < -0.39 is 17.6 Å². The molecule has 0 radical (unpaired) electrons. The van der Waals surface area contributed by atoms with Crippen molar-refractivity contribution in [2.24, 2.45) is 11.8 Å². The molecule has 0 atom stereocenters. The van der Waals surface area contributed by atoms with Crippen LogP contribution in [0.1, 0.15) is 34.6 Å². The molecule has 18 heavy (non-hydrogen) atoms. The first kappa shape index (κ1) is 16.4. The summed E-state index contributed by atoms with van der Waals surface area (Å²) in [5.41, 5.74) is 0.141. The third kappa shape index (κ3) is 4.75. The molecule has 0 saturated carbocycles. The number of hydrazine groups is 1. The zero-order chi connectivity index (χ0) is 14.7. The van der Waals surface area contributed by atoms with Crippen LogP contribution in [-0.2, 0) is 0 Å². The molecule has 0 fully saturated rings. The topological polar surface area (TPSA) is 78.7 Å². The van der Waals surface area contributed by atoms with Gasteiger partial charge in [0.25, 0.3) is 0 Å². The number of carbonyl (C=O) groups excluding carboxylic acids is 2. The standard InChI is InChI=1S/C12H24N4O2/c1-8(2)9(3)15(7)11(18)16(13)10(17)14-12(4,5)6/h8H,3,13H2,1-2,4-7H3,(H,14,17). The second-order valence-corrected chi connectivity index (χ2v) is 5.54. The van der Waals surface area contributed by atoms with Gasteiger partial charge in [0.05, 0.1) is 0 Å². The van der Waals surface area contributed by atoms with Gasteiger partial charge in [-0.05, 0) is 26.7 Å². The van der Waals surface area contributed by atoms with E-state index >= 15 is 0 Å². The number of carbonyl (C=O) groups is 2. The molecule has 0 heterocycles. The van der Waals surface area contributed by atoms with Crippen molar-refractivity contribution in [3.05, 3.63) is 12.3 Å². The summed E-state index contributed by atoms with van der Waals surface area (Å²) in [4.78, 5) is 24.9. The Balaban J connectivity index is 4.70. The summed E-state index contributed by atoms with van der Waals surface area (Å²) in [6.07, 6.45) is 0. The molecule has 3 N–H and O–H groups in total. The quantitative estimate of drug-likeness (QED) is 0.450. The first-order valence-corrected chi connectivity index (χ1v) is 5.81. The molecule has 0 spiro atoms. The van der Waals surface area contributed by atoms with Gasteiger partial charge in [-0.1, -0.05) is 20.4 Å². The third-order valence-electron chi connectivity index (χ3n) is 2.29. The number of nitrogens with one attached hydrogen (secondary N) is 1. The van der Waals surface area contributed by atoms with Gasteiger partial charge in [0.2, 0.25) is 0 Å². The molecule has 0 aromatic carbocycles. The second kappa shape index (κ2) is 5.86. The van der Waals surface area contributed by atoms with Gasteiger partial charge in [0, 0.05) is 18.3 Å². The van der Waals surface area contributed by atoms with Crippen LogP contribution in [0.15, 0.2) is 12.3 Å². The van der Waals surface area contributed by atoms with Gasteiger partial charge in [0.15, 0.2) is 0 Å². The molecular weight excluding hydrogens is 232 g/mol. The van der Waals surface area contributed by atoms with E-state index in [1.807, 2.05) is 13.8 Å². The molecular formula is C12H24N4O2.